The summed E-state index contributed by atoms with van der Waals surface area (Å²) >= 11 is 0. The zero-order chi connectivity index (χ0) is 14.2. The van der Waals surface area contributed by atoms with Crippen LogP contribution in [0.5, 0.6) is 0 Å². The predicted octanol–water partition coefficient (Wildman–Crippen LogP) is 5.70. The first-order valence-electron chi connectivity index (χ1n) is 6.62. The van der Waals surface area contributed by atoms with Crippen LogP contribution in [0.3, 0.4) is 0 Å². The van der Waals surface area contributed by atoms with Gasteiger partial charge in [-0.05, 0) is 28.3 Å². The third kappa shape index (κ3) is 3.69. The molecule has 0 saturated heterocycles. The van der Waals surface area contributed by atoms with E-state index in [2.05, 4.69) is 61.7 Å². The molecule has 2 rings (SSSR count). The summed E-state index contributed by atoms with van der Waals surface area (Å²) in [5, 5.41) is 0. The van der Waals surface area contributed by atoms with E-state index in [4.69, 9.17) is 0 Å². The van der Waals surface area contributed by atoms with Crippen molar-refractivity contribution in [2.45, 2.75) is 0 Å². The minimum absolute atomic E-state index is 1.12. The minimum atomic E-state index is 1.12. The quantitative estimate of drug-likeness (QED) is 0.476. The zero-order valence-electron chi connectivity index (χ0n) is 11.5. The maximum absolute atomic E-state index is 3.82. The van der Waals surface area contributed by atoms with Gasteiger partial charge in [0.1, 0.15) is 0 Å². The fraction of sp³-hybridized carbons (Fsp3) is 0. The van der Waals surface area contributed by atoms with E-state index >= 15 is 0 Å². The first-order chi connectivity index (χ1) is 9.83. The predicted molar refractivity (Wildman–Crippen MR) is 91.1 cm³/mol. The van der Waals surface area contributed by atoms with Crippen LogP contribution in [0.15, 0.2) is 73.8 Å². The van der Waals surface area contributed by atoms with Crippen LogP contribution in [-0.2, 0) is 0 Å². The molecule has 0 aliphatic rings. The summed E-state index contributed by atoms with van der Waals surface area (Å²) in [7, 11) is 0. The highest BCUT2D eigenvalue weighted by molar-refractivity contribution is 5.76. The third-order valence-electron chi connectivity index (χ3n) is 3.01. The van der Waals surface area contributed by atoms with Crippen molar-refractivity contribution in [1.82, 2.24) is 0 Å². The van der Waals surface area contributed by atoms with Gasteiger partial charge >= 0.3 is 0 Å². The molecule has 0 fully saturated rings. The second-order valence-electron chi connectivity index (χ2n) is 4.43. The van der Waals surface area contributed by atoms with E-state index in [9.17, 15) is 0 Å². The van der Waals surface area contributed by atoms with Gasteiger partial charge in [-0.2, -0.15) is 0 Å². The van der Waals surface area contributed by atoms with E-state index in [1.807, 2.05) is 30.4 Å². The molecule has 0 aliphatic carbocycles. The molecule has 0 aliphatic heterocycles. The van der Waals surface area contributed by atoms with Crippen molar-refractivity contribution in [3.05, 3.63) is 96.1 Å². The zero-order valence-corrected chi connectivity index (χ0v) is 11.5. The highest BCUT2D eigenvalue weighted by atomic mass is 14.0. The minimum Gasteiger partial charge on any atom is -0.0991 e. The molecule has 20 heavy (non-hydrogen) atoms. The van der Waals surface area contributed by atoms with Gasteiger partial charge in [0.25, 0.3) is 0 Å². The van der Waals surface area contributed by atoms with Crippen LogP contribution in [0.2, 0.25) is 0 Å². The van der Waals surface area contributed by atoms with Crippen molar-refractivity contribution >= 4 is 24.3 Å². The van der Waals surface area contributed by atoms with E-state index in [0.29, 0.717) is 0 Å². The maximum atomic E-state index is 3.82. The third-order valence-corrected chi connectivity index (χ3v) is 3.01. The van der Waals surface area contributed by atoms with Crippen molar-refractivity contribution in [1.29, 1.82) is 0 Å². The molecule has 0 aromatic heterocycles. The van der Waals surface area contributed by atoms with Crippen LogP contribution in [0.25, 0.3) is 24.3 Å². The van der Waals surface area contributed by atoms with Crippen molar-refractivity contribution in [2.24, 2.45) is 0 Å². The molecule has 2 aromatic carbocycles. The molecule has 0 saturated carbocycles. The Balaban J connectivity index is 2.37. The lowest BCUT2D eigenvalue weighted by atomic mass is 10.0. The van der Waals surface area contributed by atoms with Crippen molar-refractivity contribution in [3.63, 3.8) is 0 Å². The standard InChI is InChI=1S/C20H18/c1-3-5-11-19-14-12-17(4-2)16-20(19)15-13-18-9-7-6-8-10-18/h3-16H,1-2H2. The highest BCUT2D eigenvalue weighted by Gasteiger charge is 1.97. The van der Waals surface area contributed by atoms with Crippen molar-refractivity contribution < 1.29 is 0 Å². The Morgan fingerprint density at radius 2 is 1.50 bits per heavy atom. The molecule has 0 radical (unpaired) electrons. The van der Waals surface area contributed by atoms with Crippen LogP contribution >= 0.6 is 0 Å². The summed E-state index contributed by atoms with van der Waals surface area (Å²) in [6.07, 6.45) is 11.9. The highest BCUT2D eigenvalue weighted by Crippen LogP contribution is 2.18. The van der Waals surface area contributed by atoms with Crippen molar-refractivity contribution in [2.75, 3.05) is 0 Å². The van der Waals surface area contributed by atoms with Crippen LogP contribution in [-0.4, -0.2) is 0 Å². The number of allylic oxidation sites excluding steroid dienone is 2. The summed E-state index contributed by atoms with van der Waals surface area (Å²) < 4.78 is 0. The van der Waals surface area contributed by atoms with E-state index in [-0.39, 0.29) is 0 Å². The fourth-order valence-electron chi connectivity index (χ4n) is 1.94. The SMILES string of the molecule is C=CC=Cc1ccc(C=C)cc1C=Cc1ccccc1. The Labute approximate surface area is 121 Å². The van der Waals surface area contributed by atoms with Gasteiger partial charge in [0, 0.05) is 0 Å². The Hall–Kier alpha value is -2.60. The van der Waals surface area contributed by atoms with Crippen LogP contribution in [0, 0.1) is 0 Å². The monoisotopic (exact) mass is 258 g/mol. The molecule has 0 heteroatoms. The molecule has 0 unspecified atom stereocenters. The Morgan fingerprint density at radius 1 is 0.700 bits per heavy atom. The van der Waals surface area contributed by atoms with Crippen LogP contribution < -0.4 is 0 Å². The summed E-state index contributed by atoms with van der Waals surface area (Å²) in [5.74, 6) is 0. The van der Waals surface area contributed by atoms with Gasteiger partial charge < -0.3 is 0 Å². The van der Waals surface area contributed by atoms with E-state index in [0.717, 1.165) is 5.56 Å². The van der Waals surface area contributed by atoms with Gasteiger partial charge in [0.05, 0.1) is 0 Å². The van der Waals surface area contributed by atoms with Gasteiger partial charge in [-0.25, -0.2) is 0 Å². The summed E-state index contributed by atoms with van der Waals surface area (Å²) in [4.78, 5) is 0. The van der Waals surface area contributed by atoms with Gasteiger partial charge in [0.15, 0.2) is 0 Å². The van der Waals surface area contributed by atoms with Crippen molar-refractivity contribution in [3.8, 4) is 0 Å². The lowest BCUT2D eigenvalue weighted by molar-refractivity contribution is 1.58. The van der Waals surface area contributed by atoms with Gasteiger partial charge in [-0.15, -0.1) is 0 Å². The number of benzene rings is 2. The normalized spacial score (nSPS) is 11.0. The molecule has 0 amide bonds. The summed E-state index contributed by atoms with van der Waals surface area (Å²) in [6.45, 7) is 7.54. The van der Waals surface area contributed by atoms with E-state index < -0.39 is 0 Å². The molecule has 2 aromatic rings. The first kappa shape index (κ1) is 13.8. The second kappa shape index (κ2) is 7.10. The van der Waals surface area contributed by atoms with Gasteiger partial charge in [-0.1, -0.05) is 92.1 Å². The smallest absolute Gasteiger partial charge is 0.0178 e. The molecule has 0 atom stereocenters. The molecule has 0 N–H and O–H groups in total. The first-order valence-corrected chi connectivity index (χ1v) is 6.62. The molecular weight excluding hydrogens is 240 g/mol. The second-order valence-corrected chi connectivity index (χ2v) is 4.43. The summed E-state index contributed by atoms with van der Waals surface area (Å²) in [6, 6.07) is 16.6. The molecule has 0 spiro atoms. The van der Waals surface area contributed by atoms with Gasteiger partial charge in [-0.3, -0.25) is 0 Å². The number of hydrogen-bond acceptors (Lipinski definition) is 0. The van der Waals surface area contributed by atoms with Crippen LogP contribution in [0.1, 0.15) is 22.3 Å². The fourth-order valence-corrected chi connectivity index (χ4v) is 1.94. The lowest BCUT2D eigenvalue weighted by Gasteiger charge is -2.03. The van der Waals surface area contributed by atoms with Crippen LogP contribution in [0.4, 0.5) is 0 Å². The summed E-state index contributed by atoms with van der Waals surface area (Å²) in [5.41, 5.74) is 4.65. The largest absolute Gasteiger partial charge is 0.0991 e. The van der Waals surface area contributed by atoms with E-state index in [1.165, 1.54) is 16.7 Å². The molecule has 98 valence electrons. The molecular formula is C20H18. The Kier molecular flexibility index (Phi) is 4.91. The van der Waals surface area contributed by atoms with Gasteiger partial charge in [0.2, 0.25) is 0 Å². The Morgan fingerprint density at radius 3 is 2.20 bits per heavy atom. The lowest BCUT2D eigenvalue weighted by Crippen LogP contribution is -1.83. The average Bonchev–Trinajstić information content (AvgIpc) is 2.52. The molecule has 0 nitrogen and oxygen atoms in total. The Bertz CT molecular complexity index is 643. The topological polar surface area (TPSA) is 0 Å². The molecule has 0 heterocycles. The number of hydrogen-bond donors (Lipinski definition) is 0. The average molecular weight is 258 g/mol. The molecule has 0 bridgehead atoms. The maximum Gasteiger partial charge on any atom is -0.0178 e. The van der Waals surface area contributed by atoms with E-state index in [1.54, 1.807) is 6.08 Å². The number of rotatable bonds is 5.